The van der Waals surface area contributed by atoms with Crippen molar-refractivity contribution < 1.29 is 28.7 Å². The Morgan fingerprint density at radius 2 is 1.66 bits per heavy atom. The van der Waals surface area contributed by atoms with E-state index in [1.807, 2.05) is 54.6 Å². The zero-order valence-corrected chi connectivity index (χ0v) is 25.8. The predicted molar refractivity (Wildman–Crippen MR) is 176 cm³/mol. The normalized spacial score (nSPS) is 17.5. The summed E-state index contributed by atoms with van der Waals surface area (Å²) >= 11 is 0. The quantitative estimate of drug-likeness (QED) is 0.157. The number of nitrogens with zero attached hydrogens (tertiary/aromatic N) is 3. The Bertz CT molecular complexity index is 1940. The van der Waals surface area contributed by atoms with Crippen LogP contribution in [0.25, 0.3) is 10.8 Å². The molecule has 1 fully saturated rings. The number of rotatable bonds is 9. The van der Waals surface area contributed by atoms with E-state index >= 15 is 0 Å². The molecular formula is C37H32N4O6. The van der Waals surface area contributed by atoms with Crippen LogP contribution >= 0.6 is 0 Å². The van der Waals surface area contributed by atoms with Crippen molar-refractivity contribution in [3.05, 3.63) is 113 Å². The number of methoxy groups -OCH3 is 1. The lowest BCUT2D eigenvalue weighted by Crippen LogP contribution is -2.41. The molecule has 0 aromatic heterocycles. The molecule has 3 heterocycles. The number of benzene rings is 4. The number of hydrogen-bond acceptors (Lipinski definition) is 7. The second-order valence-electron chi connectivity index (χ2n) is 11.7. The number of ether oxygens (including phenoxy) is 2. The number of hydrogen-bond donors (Lipinski definition) is 1. The Kier molecular flexibility index (Phi) is 7.99. The Labute approximate surface area is 271 Å². The Hall–Kier alpha value is -5.77. The Morgan fingerprint density at radius 1 is 0.915 bits per heavy atom. The fourth-order valence-electron chi connectivity index (χ4n) is 6.36. The van der Waals surface area contributed by atoms with Crippen LogP contribution in [-0.2, 0) is 11.4 Å². The van der Waals surface area contributed by atoms with Gasteiger partial charge in [-0.2, -0.15) is 0 Å². The highest BCUT2D eigenvalue weighted by atomic mass is 16.5. The fourth-order valence-corrected chi connectivity index (χ4v) is 6.36. The third kappa shape index (κ3) is 5.74. The number of amides is 4. The molecule has 0 aliphatic carbocycles. The van der Waals surface area contributed by atoms with E-state index in [1.54, 1.807) is 35.4 Å². The van der Waals surface area contributed by atoms with E-state index in [2.05, 4.69) is 10.3 Å². The number of imide groups is 1. The molecule has 1 saturated heterocycles. The van der Waals surface area contributed by atoms with Crippen molar-refractivity contribution in [1.29, 1.82) is 0 Å². The van der Waals surface area contributed by atoms with E-state index in [0.29, 0.717) is 65.3 Å². The van der Waals surface area contributed by atoms with Crippen LogP contribution in [0.15, 0.2) is 95.5 Å². The average Bonchev–Trinajstić information content (AvgIpc) is 3.45. The smallest absolute Gasteiger partial charge is 0.261 e. The Balaban J connectivity index is 0.958. The summed E-state index contributed by atoms with van der Waals surface area (Å²) in [7, 11) is 1.53. The molecule has 7 rings (SSSR count). The molecule has 0 radical (unpaired) electrons. The van der Waals surface area contributed by atoms with Crippen LogP contribution < -0.4 is 14.8 Å². The first-order valence-corrected chi connectivity index (χ1v) is 15.5. The molecule has 4 aromatic rings. The van der Waals surface area contributed by atoms with Crippen molar-refractivity contribution in [3.8, 4) is 11.5 Å². The topological polar surface area (TPSA) is 118 Å². The van der Waals surface area contributed by atoms with Gasteiger partial charge in [0.15, 0.2) is 11.5 Å². The maximum absolute atomic E-state index is 13.6. The molecule has 0 unspecified atom stereocenters. The van der Waals surface area contributed by atoms with Crippen LogP contribution in [0.3, 0.4) is 0 Å². The highest BCUT2D eigenvalue weighted by Crippen LogP contribution is 2.39. The molecule has 47 heavy (non-hydrogen) atoms. The lowest BCUT2D eigenvalue weighted by atomic mass is 9.94. The van der Waals surface area contributed by atoms with Gasteiger partial charge in [-0.1, -0.05) is 54.6 Å². The van der Waals surface area contributed by atoms with E-state index in [1.165, 1.54) is 18.1 Å². The molecule has 0 bridgehead atoms. The predicted octanol–water partition coefficient (Wildman–Crippen LogP) is 5.09. The minimum atomic E-state index is -0.326. The SMILES string of the molecule is COc1cc2c(cc1OCc1ccccc1)N=C[C@@H]1C/C(=C\C(=O)NCCCN3C(=O)c4cccc5cccc(c45)C3=O)CN1C2=O. The van der Waals surface area contributed by atoms with Crippen LogP contribution in [0.1, 0.15) is 49.5 Å². The minimum Gasteiger partial charge on any atom is -0.493 e. The summed E-state index contributed by atoms with van der Waals surface area (Å²) in [6.07, 6.45) is 4.14. The van der Waals surface area contributed by atoms with E-state index < -0.39 is 0 Å². The highest BCUT2D eigenvalue weighted by Gasteiger charge is 2.35. The van der Waals surface area contributed by atoms with Gasteiger partial charge in [-0.05, 0) is 47.6 Å². The number of carbonyl (C=O) groups is 4. The number of aliphatic imine (C=N–C) groups is 1. The molecule has 4 amide bonds. The summed E-state index contributed by atoms with van der Waals surface area (Å²) in [5.41, 5.74) is 3.73. The van der Waals surface area contributed by atoms with Gasteiger partial charge in [0, 0.05) is 54.5 Å². The van der Waals surface area contributed by atoms with Gasteiger partial charge >= 0.3 is 0 Å². The summed E-state index contributed by atoms with van der Waals surface area (Å²) in [6.45, 7) is 1.10. The van der Waals surface area contributed by atoms with Gasteiger partial charge in [-0.15, -0.1) is 0 Å². The molecule has 3 aliphatic rings. The van der Waals surface area contributed by atoms with Crippen LogP contribution in [0.4, 0.5) is 5.69 Å². The van der Waals surface area contributed by atoms with Crippen molar-refractivity contribution >= 4 is 46.3 Å². The Morgan fingerprint density at radius 3 is 2.38 bits per heavy atom. The van der Waals surface area contributed by atoms with Crippen molar-refractivity contribution in [1.82, 2.24) is 15.1 Å². The zero-order chi connectivity index (χ0) is 32.5. The summed E-state index contributed by atoms with van der Waals surface area (Å²) in [5, 5.41) is 4.40. The van der Waals surface area contributed by atoms with E-state index in [-0.39, 0.29) is 42.8 Å². The van der Waals surface area contributed by atoms with Gasteiger partial charge in [-0.25, -0.2) is 0 Å². The molecule has 10 nitrogen and oxygen atoms in total. The standard InChI is InChI=1S/C37H32N4O6/c1-46-31-18-29-30(19-32(31)47-22-23-8-3-2-4-9-23)39-20-26-16-24(21-41(26)37(29)45)17-33(42)38-14-7-15-40-35(43)27-12-5-10-25-11-6-13-28(34(25)27)36(40)44/h2-6,8-13,17-20,26H,7,14-16,21-22H2,1H3,(H,38,42)/b24-17+/t26-/m0/s1. The molecular weight excluding hydrogens is 596 g/mol. The fraction of sp³-hybridized carbons (Fsp3) is 0.216. The van der Waals surface area contributed by atoms with Crippen molar-refractivity contribution in [3.63, 3.8) is 0 Å². The number of fused-ring (bicyclic) bond motifs is 2. The molecule has 4 aromatic carbocycles. The first-order chi connectivity index (χ1) is 22.9. The van der Waals surface area contributed by atoms with E-state index in [0.717, 1.165) is 16.5 Å². The second kappa shape index (κ2) is 12.6. The first kappa shape index (κ1) is 29.9. The van der Waals surface area contributed by atoms with Crippen LogP contribution in [0, 0.1) is 0 Å². The summed E-state index contributed by atoms with van der Waals surface area (Å²) in [4.78, 5) is 60.2. The maximum Gasteiger partial charge on any atom is 0.261 e. The molecule has 10 heteroatoms. The second-order valence-corrected chi connectivity index (χ2v) is 11.7. The van der Waals surface area contributed by atoms with Gasteiger partial charge in [0.25, 0.3) is 17.7 Å². The lowest BCUT2D eigenvalue weighted by Gasteiger charge is -2.27. The largest absolute Gasteiger partial charge is 0.493 e. The summed E-state index contributed by atoms with van der Waals surface area (Å²) in [5.74, 6) is -0.218. The number of carbonyl (C=O) groups excluding carboxylic acids is 4. The highest BCUT2D eigenvalue weighted by molar-refractivity contribution is 6.25. The van der Waals surface area contributed by atoms with Gasteiger partial charge in [0.1, 0.15) is 6.61 Å². The summed E-state index contributed by atoms with van der Waals surface area (Å²) < 4.78 is 11.6. The number of nitrogens with one attached hydrogen (secondary N) is 1. The zero-order valence-electron chi connectivity index (χ0n) is 25.8. The van der Waals surface area contributed by atoms with Crippen molar-refractivity contribution in [2.45, 2.75) is 25.5 Å². The maximum atomic E-state index is 13.6. The molecule has 236 valence electrons. The minimum absolute atomic E-state index is 0.182. The van der Waals surface area contributed by atoms with Crippen molar-refractivity contribution in [2.75, 3.05) is 26.7 Å². The van der Waals surface area contributed by atoms with Crippen LogP contribution in [-0.4, -0.2) is 72.4 Å². The lowest BCUT2D eigenvalue weighted by molar-refractivity contribution is -0.116. The molecule has 1 N–H and O–H groups in total. The molecule has 3 aliphatic heterocycles. The van der Waals surface area contributed by atoms with Crippen LogP contribution in [0.5, 0.6) is 11.5 Å². The van der Waals surface area contributed by atoms with Gasteiger partial charge in [0.2, 0.25) is 5.91 Å². The van der Waals surface area contributed by atoms with Gasteiger partial charge in [0.05, 0.1) is 24.4 Å². The monoisotopic (exact) mass is 628 g/mol. The van der Waals surface area contributed by atoms with Gasteiger partial charge < -0.3 is 19.7 Å². The molecule has 1 atom stereocenters. The van der Waals surface area contributed by atoms with Crippen molar-refractivity contribution in [2.24, 2.45) is 4.99 Å². The summed E-state index contributed by atoms with van der Waals surface area (Å²) in [6, 6.07) is 23.7. The third-order valence-corrected chi connectivity index (χ3v) is 8.69. The third-order valence-electron chi connectivity index (χ3n) is 8.69. The first-order valence-electron chi connectivity index (χ1n) is 15.5. The average molecular weight is 629 g/mol. The van der Waals surface area contributed by atoms with E-state index in [4.69, 9.17) is 9.47 Å². The molecule has 0 spiro atoms. The van der Waals surface area contributed by atoms with E-state index in [9.17, 15) is 19.2 Å². The van der Waals surface area contributed by atoms with Crippen LogP contribution in [0.2, 0.25) is 0 Å². The van der Waals surface area contributed by atoms with Gasteiger partial charge in [-0.3, -0.25) is 29.1 Å². The molecule has 0 saturated carbocycles.